The molecule has 0 spiro atoms. The van der Waals surface area contributed by atoms with E-state index < -0.39 is 31.2 Å². The van der Waals surface area contributed by atoms with E-state index in [0.29, 0.717) is 0 Å². The van der Waals surface area contributed by atoms with Crippen LogP contribution < -0.4 is 18.3 Å². The Kier molecular flexibility index (Phi) is 14.3. The Balaban J connectivity index is 0.000000313. The first-order valence-corrected chi connectivity index (χ1v) is 28.8. The topological polar surface area (TPSA) is 15.5 Å². The maximum absolute atomic E-state index is 10.7. The summed E-state index contributed by atoms with van der Waals surface area (Å²) < 4.78 is 246. The van der Waals surface area contributed by atoms with Crippen LogP contribution in [-0.2, 0) is 26.2 Å². The molecule has 0 N–H and O–H groups in total. The fourth-order valence-corrected chi connectivity index (χ4v) is 6.95. The van der Waals surface area contributed by atoms with Gasteiger partial charge in [0, 0.05) is 70.8 Å². The SMILES string of the molecule is F[P-](F)(F)(F)(F)F.F[P-](F)(F)(F)(F)F.F[P-](F)(F)(F)(F)F.F[P-](F)(F)(F)(F)F.c1cc2ccc3cc2cc1C[n+]1ccc(cc1)-c1cc[n+](cc1)Cc1ccc2ccc(cc2c1)C[n+]1ccc(cc1)-c1cc[n+](cc1)C3. The molecule has 4 aromatic heterocycles. The molecule has 0 saturated heterocycles. The van der Waals surface area contributed by atoms with Gasteiger partial charge in [0.2, 0.25) is 0 Å². The van der Waals surface area contributed by atoms with Crippen LogP contribution >= 0.6 is 31.2 Å². The van der Waals surface area contributed by atoms with Gasteiger partial charge in [0.15, 0.2) is 75.8 Å². The molecule has 0 atom stereocenters. The van der Waals surface area contributed by atoms with E-state index in [-0.39, 0.29) is 0 Å². The average molecular weight is 1200 g/mol. The molecule has 76 heavy (non-hydrogen) atoms. The summed E-state index contributed by atoms with van der Waals surface area (Å²) in [5.41, 5.74) is 10.1. The van der Waals surface area contributed by atoms with E-state index >= 15 is 0 Å². The van der Waals surface area contributed by atoms with Gasteiger partial charge >= 0.3 is 132 Å². The third-order valence-electron chi connectivity index (χ3n) is 9.63. The predicted molar refractivity (Wildman–Crippen MR) is 243 cm³/mol. The molecular formula is C44H36F24N4P4. The number of benzene rings is 4. The molecule has 4 aromatic carbocycles. The van der Waals surface area contributed by atoms with Crippen LogP contribution in [0.1, 0.15) is 22.3 Å². The second-order valence-corrected chi connectivity index (χ2v) is 24.6. The van der Waals surface area contributed by atoms with Crippen molar-refractivity contribution in [2.24, 2.45) is 0 Å². The molecule has 420 valence electrons. The molecule has 7 aliphatic heterocycles. The molecule has 0 fully saturated rings. The van der Waals surface area contributed by atoms with Gasteiger partial charge in [-0.25, -0.2) is 18.3 Å². The van der Waals surface area contributed by atoms with Gasteiger partial charge in [0.25, 0.3) is 0 Å². The van der Waals surface area contributed by atoms with E-state index in [1.54, 1.807) is 0 Å². The van der Waals surface area contributed by atoms with Gasteiger partial charge in [-0.15, -0.1) is 0 Å². The first kappa shape index (κ1) is 60.9. The monoisotopic (exact) mass is 1200 g/mol. The third-order valence-corrected chi connectivity index (χ3v) is 9.63. The minimum atomic E-state index is -10.7. The maximum Gasteiger partial charge on any atom is 0.173 e. The summed E-state index contributed by atoms with van der Waals surface area (Å²) in [4.78, 5) is 0. The van der Waals surface area contributed by atoms with Gasteiger partial charge in [-0.2, -0.15) is 0 Å². The zero-order valence-corrected chi connectivity index (χ0v) is 41.2. The average Bonchev–Trinajstić information content (AvgIpc) is 3.20. The van der Waals surface area contributed by atoms with Crippen LogP contribution in [0.4, 0.5) is 101 Å². The van der Waals surface area contributed by atoms with Gasteiger partial charge < -0.3 is 0 Å². The molecule has 7 aliphatic rings. The standard InChI is InChI=1S/C44H36N4.4F6P/c1-5-37-6-2-34-26-43(37)25-33(1)29-45-17-9-39(10-18-45)40-11-21-47(22-12-40)31-35-3-7-38-8-4-36(28-44(38)27-35)32-48-23-15-42(16-24-48)41-13-19-46(30-34)20-14-41;4*1-7(2,3,4,5)6/h1-28H,29-32H2;;;;/q+4;4*-1. The minimum absolute atomic E-state index is 0.832. The summed E-state index contributed by atoms with van der Waals surface area (Å²) in [5, 5.41) is 5.09. The van der Waals surface area contributed by atoms with Crippen molar-refractivity contribution in [3.8, 4) is 22.3 Å². The molecule has 8 aromatic rings. The van der Waals surface area contributed by atoms with E-state index in [1.165, 1.54) is 66.1 Å². The molecule has 4 nitrogen and oxygen atoms in total. The number of halogens is 24. The maximum atomic E-state index is 9.87. The molecule has 0 radical (unpaired) electrons. The van der Waals surface area contributed by atoms with Gasteiger partial charge in [0.1, 0.15) is 0 Å². The largest absolute Gasteiger partial charge is 0.201 e. The third kappa shape index (κ3) is 29.4. The van der Waals surface area contributed by atoms with Crippen LogP contribution in [0, 0.1) is 0 Å². The van der Waals surface area contributed by atoms with E-state index in [0.717, 1.165) is 26.2 Å². The number of hydrogen-bond acceptors (Lipinski definition) is 0. The Labute approximate surface area is 412 Å². The summed E-state index contributed by atoms with van der Waals surface area (Å²) in [6.07, 6.45) is 17.5. The molecule has 32 heteroatoms. The number of aromatic nitrogens is 4. The van der Waals surface area contributed by atoms with Crippen molar-refractivity contribution >= 4 is 52.8 Å². The molecule has 15 rings (SSSR count). The fraction of sp³-hybridized carbons (Fsp3) is 0.0909. The molecule has 14 bridgehead atoms. The quantitative estimate of drug-likeness (QED) is 0.0817. The van der Waals surface area contributed by atoms with E-state index in [9.17, 15) is 101 Å². The van der Waals surface area contributed by atoms with Crippen molar-refractivity contribution in [1.82, 2.24) is 0 Å². The Morgan fingerprint density at radius 1 is 0.211 bits per heavy atom. The summed E-state index contributed by atoms with van der Waals surface area (Å²) in [7, 11) is -42.6. The summed E-state index contributed by atoms with van der Waals surface area (Å²) in [6, 6.07) is 45.0. The Morgan fingerprint density at radius 2 is 0.355 bits per heavy atom. The second kappa shape index (κ2) is 17.8. The van der Waals surface area contributed by atoms with Crippen LogP contribution in [-0.4, -0.2) is 0 Å². The number of rotatable bonds is 0. The van der Waals surface area contributed by atoms with Crippen molar-refractivity contribution in [3.05, 3.63) is 193 Å². The van der Waals surface area contributed by atoms with Gasteiger partial charge in [0.05, 0.1) is 0 Å². The van der Waals surface area contributed by atoms with Gasteiger partial charge in [-0.05, 0) is 68.1 Å². The second-order valence-electron chi connectivity index (χ2n) is 16.9. The van der Waals surface area contributed by atoms with Crippen molar-refractivity contribution in [1.29, 1.82) is 0 Å². The molecule has 0 saturated carbocycles. The first-order chi connectivity index (χ1) is 33.5. The zero-order valence-electron chi connectivity index (χ0n) is 37.6. The summed E-state index contributed by atoms with van der Waals surface area (Å²) in [6.45, 7) is 3.33. The molecular weight excluding hydrogens is 1160 g/mol. The van der Waals surface area contributed by atoms with Gasteiger partial charge in [-0.1, -0.05) is 48.5 Å². The molecule has 0 amide bonds. The van der Waals surface area contributed by atoms with Crippen LogP contribution in [0.25, 0.3) is 43.8 Å². The van der Waals surface area contributed by atoms with Crippen molar-refractivity contribution in [3.63, 3.8) is 0 Å². The van der Waals surface area contributed by atoms with E-state index in [2.05, 4.69) is 189 Å². The smallest absolute Gasteiger partial charge is 0.173 e. The van der Waals surface area contributed by atoms with E-state index in [1.807, 2.05) is 0 Å². The number of hydrogen-bond donors (Lipinski definition) is 0. The molecule has 0 aliphatic carbocycles. The fourth-order valence-electron chi connectivity index (χ4n) is 6.95. The van der Waals surface area contributed by atoms with Crippen LogP contribution in [0.2, 0.25) is 0 Å². The van der Waals surface area contributed by atoms with Crippen LogP contribution in [0.15, 0.2) is 171 Å². The van der Waals surface area contributed by atoms with E-state index in [4.69, 9.17) is 0 Å². The zero-order chi connectivity index (χ0) is 57.5. The normalized spacial score (nSPS) is 16.5. The number of nitrogens with zero attached hydrogens (tertiary/aromatic N) is 4. The van der Waals surface area contributed by atoms with Crippen molar-refractivity contribution in [2.75, 3.05) is 0 Å². The summed E-state index contributed by atoms with van der Waals surface area (Å²) >= 11 is 0. The van der Waals surface area contributed by atoms with Crippen molar-refractivity contribution in [2.45, 2.75) is 26.2 Å². The summed E-state index contributed by atoms with van der Waals surface area (Å²) in [5.74, 6) is 0. The number of pyridine rings is 4. The minimum Gasteiger partial charge on any atom is -0.201 e. The van der Waals surface area contributed by atoms with Crippen LogP contribution in [0.5, 0.6) is 0 Å². The van der Waals surface area contributed by atoms with Crippen LogP contribution in [0.3, 0.4) is 0 Å². The van der Waals surface area contributed by atoms with Crippen molar-refractivity contribution < 1.29 is 119 Å². The predicted octanol–water partition coefficient (Wildman–Crippen LogP) is 20.5. The Bertz CT molecular complexity index is 2900. The molecule has 11 heterocycles. The Morgan fingerprint density at radius 3 is 0.500 bits per heavy atom. The first-order valence-electron chi connectivity index (χ1n) is 20.7. The Hall–Kier alpha value is -5.96. The van der Waals surface area contributed by atoms with Gasteiger partial charge in [-0.3, -0.25) is 0 Å². The molecule has 0 unspecified atom stereocenters.